The van der Waals surface area contributed by atoms with Crippen molar-refractivity contribution in [3.8, 4) is 5.75 Å². The van der Waals surface area contributed by atoms with Crippen LogP contribution in [0.1, 0.15) is 13.8 Å². The third-order valence-electron chi connectivity index (χ3n) is 2.02. The van der Waals surface area contributed by atoms with Gasteiger partial charge in [-0.25, -0.2) is 4.79 Å². The van der Waals surface area contributed by atoms with Crippen LogP contribution in [-0.4, -0.2) is 35.6 Å². The van der Waals surface area contributed by atoms with E-state index in [4.69, 9.17) is 9.84 Å². The fraction of sp³-hybridized carbons (Fsp3) is 0.417. The molecule has 0 aliphatic rings. The van der Waals surface area contributed by atoms with Gasteiger partial charge >= 0.3 is 6.09 Å². The van der Waals surface area contributed by atoms with Crippen molar-refractivity contribution in [3.63, 3.8) is 0 Å². The van der Waals surface area contributed by atoms with Gasteiger partial charge in [0.1, 0.15) is 5.75 Å². The molecule has 0 atom stereocenters. The molecule has 0 radical (unpaired) electrons. The normalized spacial score (nSPS) is 10.2. The molecule has 1 aromatic carbocycles. The van der Waals surface area contributed by atoms with Gasteiger partial charge in [0.05, 0.1) is 18.4 Å². The third kappa shape index (κ3) is 4.50. The highest BCUT2D eigenvalue weighted by Gasteiger charge is 2.09. The number of ether oxygens (including phenoxy) is 1. The van der Waals surface area contributed by atoms with E-state index >= 15 is 0 Å². The second-order valence-corrected chi connectivity index (χ2v) is 3.96. The van der Waals surface area contributed by atoms with E-state index in [0.717, 1.165) is 0 Å². The number of amides is 1. The Morgan fingerprint density at radius 3 is 2.72 bits per heavy atom. The molecule has 0 aromatic heterocycles. The highest BCUT2D eigenvalue weighted by atomic mass is 16.6. The zero-order valence-electron chi connectivity index (χ0n) is 10.4. The van der Waals surface area contributed by atoms with Crippen LogP contribution in [0.15, 0.2) is 18.2 Å². The lowest BCUT2D eigenvalue weighted by Crippen LogP contribution is -2.18. The van der Waals surface area contributed by atoms with E-state index in [1.807, 2.05) is 0 Å². The summed E-state index contributed by atoms with van der Waals surface area (Å²) in [6.45, 7) is 3.87. The summed E-state index contributed by atoms with van der Waals surface area (Å²) in [5, 5.41) is 23.7. The van der Waals surface area contributed by atoms with Gasteiger partial charge in [0.15, 0.2) is 0 Å². The first-order valence-electron chi connectivity index (χ1n) is 5.68. The maximum atomic E-state index is 11.3. The van der Waals surface area contributed by atoms with Crippen molar-refractivity contribution >= 4 is 17.5 Å². The lowest BCUT2D eigenvalue weighted by molar-refractivity contribution is 0.130. The number of carbonyl (C=O) groups excluding carboxylic acids is 1. The van der Waals surface area contributed by atoms with E-state index in [1.165, 1.54) is 6.07 Å². The molecular weight excluding hydrogens is 236 g/mol. The number of nitrogens with one attached hydrogen (secondary N) is 2. The van der Waals surface area contributed by atoms with Gasteiger partial charge in [-0.3, -0.25) is 5.32 Å². The van der Waals surface area contributed by atoms with Crippen molar-refractivity contribution in [2.45, 2.75) is 20.0 Å². The van der Waals surface area contributed by atoms with Crippen LogP contribution < -0.4 is 10.6 Å². The van der Waals surface area contributed by atoms with E-state index in [-0.39, 0.29) is 24.1 Å². The van der Waals surface area contributed by atoms with Crippen molar-refractivity contribution in [1.82, 2.24) is 0 Å². The number of anilines is 2. The molecule has 0 saturated carbocycles. The van der Waals surface area contributed by atoms with Gasteiger partial charge in [-0.1, -0.05) is 0 Å². The summed E-state index contributed by atoms with van der Waals surface area (Å²) in [6, 6.07) is 4.69. The van der Waals surface area contributed by atoms with Crippen LogP contribution in [0.5, 0.6) is 5.75 Å². The maximum Gasteiger partial charge on any atom is 0.411 e. The molecular formula is C12H18N2O4. The molecule has 100 valence electrons. The smallest absolute Gasteiger partial charge is 0.411 e. The summed E-state index contributed by atoms with van der Waals surface area (Å²) in [7, 11) is 0. The zero-order chi connectivity index (χ0) is 13.5. The minimum absolute atomic E-state index is 0.00147. The van der Waals surface area contributed by atoms with E-state index in [2.05, 4.69) is 10.6 Å². The first-order chi connectivity index (χ1) is 8.52. The van der Waals surface area contributed by atoms with Crippen LogP contribution in [-0.2, 0) is 4.74 Å². The Balaban J connectivity index is 2.64. The Labute approximate surface area is 106 Å². The van der Waals surface area contributed by atoms with Gasteiger partial charge in [-0.15, -0.1) is 0 Å². The minimum Gasteiger partial charge on any atom is -0.506 e. The molecule has 1 rings (SSSR count). The van der Waals surface area contributed by atoms with Crippen LogP contribution in [0, 0.1) is 0 Å². The molecule has 1 amide bonds. The highest BCUT2D eigenvalue weighted by molar-refractivity contribution is 5.87. The third-order valence-corrected chi connectivity index (χ3v) is 2.02. The Bertz CT molecular complexity index is 407. The van der Waals surface area contributed by atoms with Crippen molar-refractivity contribution < 1.29 is 19.7 Å². The summed E-state index contributed by atoms with van der Waals surface area (Å²) in [4.78, 5) is 11.3. The molecule has 0 bridgehead atoms. The maximum absolute atomic E-state index is 11.3. The standard InChI is InChI=1S/C12H18N2O4/c1-8(2)18-12(17)14-10-4-3-9(7-11(10)16)13-5-6-15/h3-4,7-8,13,15-16H,5-6H2,1-2H3,(H,14,17). The van der Waals surface area contributed by atoms with Crippen LogP contribution in [0.4, 0.5) is 16.2 Å². The SMILES string of the molecule is CC(C)OC(=O)Nc1ccc(NCCO)cc1O. The van der Waals surface area contributed by atoms with Gasteiger partial charge in [-0.2, -0.15) is 0 Å². The summed E-state index contributed by atoms with van der Waals surface area (Å²) < 4.78 is 4.89. The highest BCUT2D eigenvalue weighted by Crippen LogP contribution is 2.26. The Kier molecular flexibility index (Phi) is 5.26. The summed E-state index contributed by atoms with van der Waals surface area (Å²) in [5.74, 6) is -0.0707. The predicted octanol–water partition coefficient (Wildman–Crippen LogP) is 1.75. The van der Waals surface area contributed by atoms with E-state index in [0.29, 0.717) is 12.2 Å². The molecule has 4 N–H and O–H groups in total. The number of carbonyl (C=O) groups is 1. The largest absolute Gasteiger partial charge is 0.506 e. The summed E-state index contributed by atoms with van der Waals surface area (Å²) >= 11 is 0. The number of hydrogen-bond donors (Lipinski definition) is 4. The minimum atomic E-state index is -0.614. The molecule has 0 saturated heterocycles. The first-order valence-corrected chi connectivity index (χ1v) is 5.68. The van der Waals surface area contributed by atoms with Crippen LogP contribution in [0.2, 0.25) is 0 Å². The first kappa shape index (κ1) is 14.1. The van der Waals surface area contributed by atoms with E-state index in [1.54, 1.807) is 26.0 Å². The molecule has 0 spiro atoms. The number of aromatic hydroxyl groups is 1. The number of phenolic OH excluding ortho intramolecular Hbond substituents is 1. The number of rotatable bonds is 5. The average Bonchev–Trinajstić information content (AvgIpc) is 2.28. The lowest BCUT2D eigenvalue weighted by atomic mass is 10.2. The van der Waals surface area contributed by atoms with Gasteiger partial charge < -0.3 is 20.3 Å². The van der Waals surface area contributed by atoms with E-state index in [9.17, 15) is 9.90 Å². The zero-order valence-corrected chi connectivity index (χ0v) is 10.4. The molecule has 0 aliphatic heterocycles. The Morgan fingerprint density at radius 2 is 2.17 bits per heavy atom. The number of phenols is 1. The number of aliphatic hydroxyl groups excluding tert-OH is 1. The molecule has 6 heteroatoms. The molecule has 0 unspecified atom stereocenters. The van der Waals surface area contributed by atoms with Gasteiger partial charge in [0.2, 0.25) is 0 Å². The van der Waals surface area contributed by atoms with Crippen LogP contribution in [0.3, 0.4) is 0 Å². The fourth-order valence-corrected chi connectivity index (χ4v) is 1.30. The Hall–Kier alpha value is -1.95. The van der Waals surface area contributed by atoms with Crippen molar-refractivity contribution in [2.75, 3.05) is 23.8 Å². The molecule has 0 fully saturated rings. The van der Waals surface area contributed by atoms with Gasteiger partial charge in [0, 0.05) is 18.3 Å². The molecule has 0 aliphatic carbocycles. The predicted molar refractivity (Wildman–Crippen MR) is 68.9 cm³/mol. The molecule has 18 heavy (non-hydrogen) atoms. The van der Waals surface area contributed by atoms with Crippen LogP contribution >= 0.6 is 0 Å². The average molecular weight is 254 g/mol. The second kappa shape index (κ2) is 6.70. The van der Waals surface area contributed by atoms with Crippen molar-refractivity contribution in [3.05, 3.63) is 18.2 Å². The summed E-state index contributed by atoms with van der Waals surface area (Å²) in [5.41, 5.74) is 0.930. The monoisotopic (exact) mass is 254 g/mol. The summed E-state index contributed by atoms with van der Waals surface area (Å²) in [6.07, 6.45) is -0.839. The Morgan fingerprint density at radius 1 is 1.44 bits per heavy atom. The van der Waals surface area contributed by atoms with Crippen molar-refractivity contribution in [2.24, 2.45) is 0 Å². The fourth-order valence-electron chi connectivity index (χ4n) is 1.30. The lowest BCUT2D eigenvalue weighted by Gasteiger charge is -2.12. The number of hydrogen-bond acceptors (Lipinski definition) is 5. The van der Waals surface area contributed by atoms with E-state index < -0.39 is 6.09 Å². The molecule has 1 aromatic rings. The topological polar surface area (TPSA) is 90.8 Å². The van der Waals surface area contributed by atoms with Crippen molar-refractivity contribution in [1.29, 1.82) is 0 Å². The van der Waals surface area contributed by atoms with Gasteiger partial charge in [0.25, 0.3) is 0 Å². The number of benzene rings is 1. The quantitative estimate of drug-likeness (QED) is 0.601. The number of aliphatic hydroxyl groups is 1. The van der Waals surface area contributed by atoms with Gasteiger partial charge in [-0.05, 0) is 26.0 Å². The second-order valence-electron chi connectivity index (χ2n) is 3.96. The molecule has 6 nitrogen and oxygen atoms in total. The van der Waals surface area contributed by atoms with Crippen LogP contribution in [0.25, 0.3) is 0 Å². The molecule has 0 heterocycles.